The van der Waals surface area contributed by atoms with Gasteiger partial charge in [0.05, 0.1) is 7.11 Å². The molecule has 1 aliphatic carbocycles. The van der Waals surface area contributed by atoms with Crippen molar-refractivity contribution < 1.29 is 4.74 Å². The summed E-state index contributed by atoms with van der Waals surface area (Å²) in [6.45, 7) is 6.75. The van der Waals surface area contributed by atoms with Crippen molar-refractivity contribution in [1.82, 2.24) is 0 Å². The number of rotatable bonds is 5. The summed E-state index contributed by atoms with van der Waals surface area (Å²) >= 11 is 0. The summed E-state index contributed by atoms with van der Waals surface area (Å²) in [6, 6.07) is 8.61. The molecule has 0 fully saturated rings. The van der Waals surface area contributed by atoms with Gasteiger partial charge in [0.15, 0.2) is 0 Å². The molecule has 1 aliphatic rings. The highest BCUT2D eigenvalue weighted by Crippen LogP contribution is 2.38. The van der Waals surface area contributed by atoms with E-state index in [-0.39, 0.29) is 0 Å². The van der Waals surface area contributed by atoms with Crippen molar-refractivity contribution in [2.75, 3.05) is 7.11 Å². The zero-order chi connectivity index (χ0) is 15.2. The molecule has 1 aromatic carbocycles. The zero-order valence-corrected chi connectivity index (χ0v) is 13.9. The van der Waals surface area contributed by atoms with Crippen LogP contribution in [0.5, 0.6) is 5.75 Å². The third-order valence-corrected chi connectivity index (χ3v) is 4.49. The zero-order valence-electron chi connectivity index (χ0n) is 13.9. The minimum Gasteiger partial charge on any atom is -0.497 e. The third-order valence-electron chi connectivity index (χ3n) is 4.49. The molecule has 0 saturated carbocycles. The average molecular weight is 284 g/mol. The second kappa shape index (κ2) is 7.49. The van der Waals surface area contributed by atoms with Crippen molar-refractivity contribution in [3.63, 3.8) is 0 Å². The van der Waals surface area contributed by atoms with Crippen molar-refractivity contribution >= 4 is 0 Å². The van der Waals surface area contributed by atoms with E-state index in [9.17, 15) is 0 Å². The maximum absolute atomic E-state index is 5.25. The average Bonchev–Trinajstić information content (AvgIpc) is 2.47. The second-order valence-corrected chi connectivity index (χ2v) is 6.48. The fourth-order valence-corrected chi connectivity index (χ4v) is 3.23. The van der Waals surface area contributed by atoms with Crippen molar-refractivity contribution in [2.24, 2.45) is 5.92 Å². The highest BCUT2D eigenvalue weighted by atomic mass is 16.5. The second-order valence-electron chi connectivity index (χ2n) is 6.48. The summed E-state index contributed by atoms with van der Waals surface area (Å²) in [5.74, 6) is 2.33. The van der Waals surface area contributed by atoms with Gasteiger partial charge < -0.3 is 4.74 Å². The van der Waals surface area contributed by atoms with Gasteiger partial charge >= 0.3 is 0 Å². The molecule has 1 heteroatoms. The van der Waals surface area contributed by atoms with E-state index in [1.807, 2.05) is 0 Å². The Hall–Kier alpha value is -1.50. The number of ether oxygens (including phenoxy) is 1. The molecule has 1 aromatic rings. The standard InChI is InChI=1S/C20H28O/c1-15(2)6-5-7-17-8-13-20(16(3)14-17)18-9-11-19(21-4)12-10-18/h6,8-12,16,20H,5,7,13-14H2,1-4H3/t16-,20-/m1/s1. The molecule has 114 valence electrons. The van der Waals surface area contributed by atoms with E-state index in [4.69, 9.17) is 4.74 Å². The Morgan fingerprint density at radius 1 is 1.24 bits per heavy atom. The van der Waals surface area contributed by atoms with Crippen LogP contribution in [0.15, 0.2) is 47.6 Å². The van der Waals surface area contributed by atoms with Crippen LogP contribution in [0.2, 0.25) is 0 Å². The molecule has 21 heavy (non-hydrogen) atoms. The molecule has 0 aromatic heterocycles. The summed E-state index contributed by atoms with van der Waals surface area (Å²) in [7, 11) is 1.72. The van der Waals surface area contributed by atoms with Crippen LogP contribution in [-0.2, 0) is 0 Å². The van der Waals surface area contributed by atoms with Crippen LogP contribution in [0.25, 0.3) is 0 Å². The first-order chi connectivity index (χ1) is 10.1. The molecule has 0 bridgehead atoms. The Labute approximate surface area is 129 Å². The highest BCUT2D eigenvalue weighted by Gasteiger charge is 2.23. The number of benzene rings is 1. The molecule has 2 atom stereocenters. The van der Waals surface area contributed by atoms with Gasteiger partial charge in [-0.25, -0.2) is 0 Å². The van der Waals surface area contributed by atoms with Gasteiger partial charge in [-0.05, 0) is 69.1 Å². The Morgan fingerprint density at radius 3 is 2.52 bits per heavy atom. The normalized spacial score (nSPS) is 21.6. The van der Waals surface area contributed by atoms with Crippen molar-refractivity contribution in [3.8, 4) is 5.75 Å². The molecule has 0 unspecified atom stereocenters. The maximum atomic E-state index is 5.25. The molecule has 0 aliphatic heterocycles. The van der Waals surface area contributed by atoms with E-state index in [1.165, 1.54) is 36.8 Å². The molecule has 0 N–H and O–H groups in total. The minimum absolute atomic E-state index is 0.656. The van der Waals surface area contributed by atoms with E-state index < -0.39 is 0 Å². The van der Waals surface area contributed by atoms with Gasteiger partial charge in [0.1, 0.15) is 5.75 Å². The van der Waals surface area contributed by atoms with Crippen LogP contribution >= 0.6 is 0 Å². The lowest BCUT2D eigenvalue weighted by atomic mass is 9.76. The first kappa shape index (κ1) is 15.9. The molecular weight excluding hydrogens is 256 g/mol. The Kier molecular flexibility index (Phi) is 5.67. The van der Waals surface area contributed by atoms with Crippen LogP contribution < -0.4 is 4.74 Å². The lowest BCUT2D eigenvalue weighted by molar-refractivity contribution is 0.411. The number of hydrogen-bond acceptors (Lipinski definition) is 1. The van der Waals surface area contributed by atoms with Gasteiger partial charge in [0.25, 0.3) is 0 Å². The van der Waals surface area contributed by atoms with Crippen molar-refractivity contribution in [3.05, 3.63) is 53.1 Å². The Balaban J connectivity index is 1.98. The Morgan fingerprint density at radius 2 is 1.95 bits per heavy atom. The van der Waals surface area contributed by atoms with Crippen molar-refractivity contribution in [1.29, 1.82) is 0 Å². The van der Waals surface area contributed by atoms with E-state index in [0.717, 1.165) is 11.7 Å². The molecule has 2 rings (SSSR count). The lowest BCUT2D eigenvalue weighted by Crippen LogP contribution is -2.14. The van der Waals surface area contributed by atoms with Crippen LogP contribution in [0, 0.1) is 5.92 Å². The largest absolute Gasteiger partial charge is 0.497 e. The predicted molar refractivity (Wildman–Crippen MR) is 90.9 cm³/mol. The fourth-order valence-electron chi connectivity index (χ4n) is 3.23. The highest BCUT2D eigenvalue weighted by molar-refractivity contribution is 5.31. The van der Waals surface area contributed by atoms with E-state index >= 15 is 0 Å². The van der Waals surface area contributed by atoms with E-state index in [2.05, 4.69) is 57.2 Å². The van der Waals surface area contributed by atoms with Crippen LogP contribution in [0.3, 0.4) is 0 Å². The SMILES string of the molecule is COc1ccc([C@@H]2CC=C(CCC=C(C)C)C[C@H]2C)cc1. The Bertz CT molecular complexity index is 503. The predicted octanol–water partition coefficient (Wildman–Crippen LogP) is 5.88. The fraction of sp³-hybridized carbons (Fsp3) is 0.500. The van der Waals surface area contributed by atoms with Gasteiger partial charge in [-0.3, -0.25) is 0 Å². The van der Waals surface area contributed by atoms with Gasteiger partial charge in [-0.2, -0.15) is 0 Å². The number of hydrogen-bond donors (Lipinski definition) is 0. The van der Waals surface area contributed by atoms with Crippen LogP contribution in [-0.4, -0.2) is 7.11 Å². The number of methoxy groups -OCH3 is 1. The smallest absolute Gasteiger partial charge is 0.118 e. The van der Waals surface area contributed by atoms with Crippen LogP contribution in [0.4, 0.5) is 0 Å². The molecule has 0 spiro atoms. The number of allylic oxidation sites excluding steroid dienone is 4. The molecule has 0 saturated heterocycles. The third kappa shape index (κ3) is 4.49. The first-order valence-corrected chi connectivity index (χ1v) is 8.05. The maximum Gasteiger partial charge on any atom is 0.118 e. The molecular formula is C20H28O. The summed E-state index contributed by atoms with van der Waals surface area (Å²) in [6.07, 6.45) is 9.67. The molecule has 0 amide bonds. The van der Waals surface area contributed by atoms with Gasteiger partial charge in [0.2, 0.25) is 0 Å². The first-order valence-electron chi connectivity index (χ1n) is 8.05. The van der Waals surface area contributed by atoms with Gasteiger partial charge in [-0.15, -0.1) is 0 Å². The summed E-state index contributed by atoms with van der Waals surface area (Å²) in [4.78, 5) is 0. The topological polar surface area (TPSA) is 9.23 Å². The van der Waals surface area contributed by atoms with Gasteiger partial charge in [-0.1, -0.05) is 42.4 Å². The monoisotopic (exact) mass is 284 g/mol. The summed E-state index contributed by atoms with van der Waals surface area (Å²) < 4.78 is 5.25. The minimum atomic E-state index is 0.656. The van der Waals surface area contributed by atoms with Gasteiger partial charge in [0, 0.05) is 0 Å². The summed E-state index contributed by atoms with van der Waals surface area (Å²) in [5.41, 5.74) is 4.52. The quantitative estimate of drug-likeness (QED) is 0.613. The van der Waals surface area contributed by atoms with E-state index in [0.29, 0.717) is 5.92 Å². The lowest BCUT2D eigenvalue weighted by Gasteiger charge is -2.29. The summed E-state index contributed by atoms with van der Waals surface area (Å²) in [5, 5.41) is 0. The van der Waals surface area contributed by atoms with E-state index in [1.54, 1.807) is 12.7 Å². The molecule has 0 radical (unpaired) electrons. The molecule has 0 heterocycles. The molecule has 1 nitrogen and oxygen atoms in total. The van der Waals surface area contributed by atoms with Crippen molar-refractivity contribution in [2.45, 2.75) is 52.4 Å². The van der Waals surface area contributed by atoms with Crippen LogP contribution in [0.1, 0.15) is 57.9 Å².